The number of carbonyl (C=O) groups is 1. The van der Waals surface area contributed by atoms with Crippen molar-refractivity contribution in [1.82, 2.24) is 9.88 Å². The van der Waals surface area contributed by atoms with E-state index in [1.165, 1.54) is 18.2 Å². The molecule has 4 rings (SSSR count). The van der Waals surface area contributed by atoms with Gasteiger partial charge >= 0.3 is 0 Å². The van der Waals surface area contributed by atoms with Gasteiger partial charge in [-0.1, -0.05) is 19.1 Å². The minimum atomic E-state index is -3.51. The smallest absolute Gasteiger partial charge is 0.298 e. The number of oxazole rings is 1. The molecule has 2 aromatic carbocycles. The number of fused-ring (bicyclic) bond motifs is 1. The summed E-state index contributed by atoms with van der Waals surface area (Å²) < 4.78 is 44.1. The molecule has 0 saturated carbocycles. The molecule has 0 radical (unpaired) electrons. The SMILES string of the molecule is CCCS(=O)(=O)c1ccccc1C(=O)N1CCN(c2nc3ccc(F)cc3o2)CC1. The molecule has 3 aromatic rings. The summed E-state index contributed by atoms with van der Waals surface area (Å²) in [5.74, 6) is -0.689. The van der Waals surface area contributed by atoms with Gasteiger partial charge in [-0.25, -0.2) is 12.8 Å². The fourth-order valence-electron chi connectivity index (χ4n) is 3.59. The van der Waals surface area contributed by atoms with E-state index in [2.05, 4.69) is 4.98 Å². The van der Waals surface area contributed by atoms with Gasteiger partial charge in [-0.15, -0.1) is 0 Å². The molecule has 0 spiro atoms. The lowest BCUT2D eigenvalue weighted by Gasteiger charge is -2.34. The first-order chi connectivity index (χ1) is 14.4. The number of amides is 1. The quantitative estimate of drug-likeness (QED) is 0.617. The van der Waals surface area contributed by atoms with Crippen molar-refractivity contribution >= 4 is 32.9 Å². The van der Waals surface area contributed by atoms with Gasteiger partial charge in [-0.05, 0) is 30.7 Å². The Morgan fingerprint density at radius 1 is 1.13 bits per heavy atom. The maximum atomic E-state index is 13.4. The highest BCUT2D eigenvalue weighted by atomic mass is 32.2. The number of rotatable bonds is 5. The van der Waals surface area contributed by atoms with Crippen molar-refractivity contribution in [2.24, 2.45) is 0 Å². The highest BCUT2D eigenvalue weighted by molar-refractivity contribution is 7.91. The molecule has 1 fully saturated rings. The zero-order chi connectivity index (χ0) is 21.3. The van der Waals surface area contributed by atoms with Crippen LogP contribution in [0, 0.1) is 5.82 Å². The van der Waals surface area contributed by atoms with Crippen LogP contribution in [-0.2, 0) is 9.84 Å². The van der Waals surface area contributed by atoms with Crippen LogP contribution >= 0.6 is 0 Å². The number of halogens is 1. The normalized spacial score (nSPS) is 15.0. The predicted molar refractivity (Wildman–Crippen MR) is 111 cm³/mol. The number of benzene rings is 2. The molecule has 0 aliphatic carbocycles. The molecule has 0 bridgehead atoms. The van der Waals surface area contributed by atoms with Crippen LogP contribution in [0.1, 0.15) is 23.7 Å². The summed E-state index contributed by atoms with van der Waals surface area (Å²) in [5, 5.41) is 0. The van der Waals surface area contributed by atoms with Crippen molar-refractivity contribution in [1.29, 1.82) is 0 Å². The Morgan fingerprint density at radius 2 is 1.87 bits per heavy atom. The van der Waals surface area contributed by atoms with Crippen molar-refractivity contribution < 1.29 is 22.0 Å². The molecule has 9 heteroatoms. The Hall–Kier alpha value is -2.94. The Kier molecular flexibility index (Phi) is 5.46. The Bertz CT molecular complexity index is 1180. The monoisotopic (exact) mass is 431 g/mol. The van der Waals surface area contributed by atoms with E-state index in [-0.39, 0.29) is 22.1 Å². The topological polar surface area (TPSA) is 83.7 Å². The molecular weight excluding hydrogens is 409 g/mol. The van der Waals surface area contributed by atoms with Crippen LogP contribution in [0.4, 0.5) is 10.4 Å². The molecule has 0 atom stereocenters. The van der Waals surface area contributed by atoms with Gasteiger partial charge in [0.2, 0.25) is 0 Å². The van der Waals surface area contributed by atoms with Crippen LogP contribution in [0.15, 0.2) is 51.8 Å². The van der Waals surface area contributed by atoms with Gasteiger partial charge in [-0.2, -0.15) is 4.98 Å². The molecule has 1 amide bonds. The molecule has 1 aliphatic rings. The van der Waals surface area contributed by atoms with Crippen molar-refractivity contribution in [3.8, 4) is 0 Å². The zero-order valence-corrected chi connectivity index (χ0v) is 17.4. The summed E-state index contributed by atoms with van der Waals surface area (Å²) in [6, 6.07) is 10.9. The number of aromatic nitrogens is 1. The van der Waals surface area contributed by atoms with Crippen LogP contribution < -0.4 is 4.90 Å². The molecule has 30 heavy (non-hydrogen) atoms. The van der Waals surface area contributed by atoms with Gasteiger partial charge in [0.1, 0.15) is 11.3 Å². The maximum Gasteiger partial charge on any atom is 0.298 e. The summed E-state index contributed by atoms with van der Waals surface area (Å²) in [5.41, 5.74) is 1.15. The largest absolute Gasteiger partial charge is 0.423 e. The van der Waals surface area contributed by atoms with Crippen molar-refractivity contribution in [3.05, 3.63) is 53.8 Å². The second kappa shape index (κ2) is 8.06. The fraction of sp³-hybridized carbons (Fsp3) is 0.333. The number of piperazine rings is 1. The summed E-state index contributed by atoms with van der Waals surface area (Å²) >= 11 is 0. The first-order valence-corrected chi connectivity index (χ1v) is 11.5. The lowest BCUT2D eigenvalue weighted by molar-refractivity contribution is 0.0741. The van der Waals surface area contributed by atoms with E-state index in [9.17, 15) is 17.6 Å². The third-order valence-electron chi connectivity index (χ3n) is 5.10. The predicted octanol–water partition coefficient (Wildman–Crippen LogP) is 3.11. The minimum absolute atomic E-state index is 0.00336. The Balaban J connectivity index is 1.50. The van der Waals surface area contributed by atoms with E-state index in [4.69, 9.17) is 4.42 Å². The average molecular weight is 431 g/mol. The van der Waals surface area contributed by atoms with Gasteiger partial charge in [0.25, 0.3) is 11.9 Å². The molecule has 7 nitrogen and oxygen atoms in total. The van der Waals surface area contributed by atoms with Crippen LogP contribution in [0.3, 0.4) is 0 Å². The van der Waals surface area contributed by atoms with E-state index in [1.54, 1.807) is 36.1 Å². The first-order valence-electron chi connectivity index (χ1n) is 9.81. The summed E-state index contributed by atoms with van der Waals surface area (Å²) in [7, 11) is -3.51. The lowest BCUT2D eigenvalue weighted by atomic mass is 10.2. The third kappa shape index (κ3) is 3.89. The summed E-state index contributed by atoms with van der Waals surface area (Å²) in [6.07, 6.45) is 0.484. The van der Waals surface area contributed by atoms with E-state index in [1.807, 2.05) is 4.90 Å². The number of hydrogen-bond acceptors (Lipinski definition) is 6. The van der Waals surface area contributed by atoms with Crippen LogP contribution in [0.25, 0.3) is 11.1 Å². The number of anilines is 1. The Morgan fingerprint density at radius 3 is 2.60 bits per heavy atom. The molecular formula is C21H22FN3O4S. The van der Waals surface area contributed by atoms with Gasteiger partial charge in [0.05, 0.1) is 16.2 Å². The van der Waals surface area contributed by atoms with Gasteiger partial charge in [0, 0.05) is 32.2 Å². The molecule has 1 saturated heterocycles. The van der Waals surface area contributed by atoms with E-state index < -0.39 is 15.7 Å². The summed E-state index contributed by atoms with van der Waals surface area (Å²) in [6.45, 7) is 3.54. The second-order valence-corrected chi connectivity index (χ2v) is 9.28. The van der Waals surface area contributed by atoms with Crippen LogP contribution in [0.5, 0.6) is 0 Å². The highest BCUT2D eigenvalue weighted by Gasteiger charge is 2.28. The maximum absolute atomic E-state index is 13.4. The molecule has 158 valence electrons. The molecule has 1 aliphatic heterocycles. The van der Waals surface area contributed by atoms with E-state index >= 15 is 0 Å². The average Bonchev–Trinajstić information content (AvgIpc) is 3.16. The Labute approximate surface area is 174 Å². The summed E-state index contributed by atoms with van der Waals surface area (Å²) in [4.78, 5) is 21.0. The molecule has 2 heterocycles. The van der Waals surface area contributed by atoms with E-state index in [0.29, 0.717) is 49.7 Å². The van der Waals surface area contributed by atoms with Crippen LogP contribution in [0.2, 0.25) is 0 Å². The highest BCUT2D eigenvalue weighted by Crippen LogP contribution is 2.25. The minimum Gasteiger partial charge on any atom is -0.423 e. The van der Waals surface area contributed by atoms with Crippen molar-refractivity contribution in [2.75, 3.05) is 36.8 Å². The van der Waals surface area contributed by atoms with Crippen LogP contribution in [-0.4, -0.2) is 56.1 Å². The van der Waals surface area contributed by atoms with Gasteiger partial charge in [0.15, 0.2) is 15.4 Å². The number of carbonyl (C=O) groups excluding carboxylic acids is 1. The zero-order valence-electron chi connectivity index (χ0n) is 16.5. The lowest BCUT2D eigenvalue weighted by Crippen LogP contribution is -2.49. The standard InChI is InChI=1S/C21H22FN3O4S/c1-2-13-30(27,28)19-6-4-3-5-16(19)20(26)24-9-11-25(12-10-24)21-23-17-8-7-15(22)14-18(17)29-21/h3-8,14H,2,9-13H2,1H3. The molecule has 1 aromatic heterocycles. The second-order valence-electron chi connectivity index (χ2n) is 7.20. The fourth-order valence-corrected chi connectivity index (χ4v) is 5.12. The number of nitrogens with zero attached hydrogens (tertiary/aromatic N) is 3. The molecule has 0 N–H and O–H groups in total. The van der Waals surface area contributed by atoms with Gasteiger partial charge < -0.3 is 14.2 Å². The number of hydrogen-bond donors (Lipinski definition) is 0. The van der Waals surface area contributed by atoms with Crippen molar-refractivity contribution in [3.63, 3.8) is 0 Å². The number of sulfone groups is 1. The van der Waals surface area contributed by atoms with Crippen molar-refractivity contribution in [2.45, 2.75) is 18.2 Å². The van der Waals surface area contributed by atoms with E-state index in [0.717, 1.165) is 0 Å². The third-order valence-corrected chi connectivity index (χ3v) is 7.07. The molecule has 0 unspecified atom stereocenters. The first kappa shape index (κ1) is 20.3. The van der Waals surface area contributed by atoms with Gasteiger partial charge in [-0.3, -0.25) is 4.79 Å².